The lowest BCUT2D eigenvalue weighted by Crippen LogP contribution is -2.52. The number of aryl methyl sites for hydroxylation is 1. The summed E-state index contributed by atoms with van der Waals surface area (Å²) in [6.45, 7) is 3.89. The van der Waals surface area contributed by atoms with Gasteiger partial charge in [0.05, 0.1) is 5.75 Å². The minimum atomic E-state index is -0.149. The molecule has 0 radical (unpaired) electrons. The first-order valence-corrected chi connectivity index (χ1v) is 11.2. The molecule has 0 aliphatic carbocycles. The van der Waals surface area contributed by atoms with Crippen LogP contribution in [0.25, 0.3) is 12.2 Å². The highest BCUT2D eigenvalue weighted by molar-refractivity contribution is 7.99. The molecule has 2 N–H and O–H groups in total. The SMILES string of the molecule is Cc1ccc(/C=C/c2nc(SCC(=O)N3CCN(C(=O)Nc4ccccc4)CC3)n[nH]2)o1. The number of urea groups is 1. The van der Waals surface area contributed by atoms with Crippen molar-refractivity contribution >= 4 is 41.5 Å². The van der Waals surface area contributed by atoms with Crippen LogP contribution in [0.5, 0.6) is 0 Å². The highest BCUT2D eigenvalue weighted by Crippen LogP contribution is 2.16. The van der Waals surface area contributed by atoms with E-state index in [1.165, 1.54) is 11.8 Å². The number of amides is 3. The number of para-hydroxylation sites is 1. The maximum absolute atomic E-state index is 12.6. The highest BCUT2D eigenvalue weighted by Gasteiger charge is 2.24. The molecule has 0 atom stereocenters. The second-order valence-corrected chi connectivity index (χ2v) is 8.18. The van der Waals surface area contributed by atoms with E-state index in [1.807, 2.05) is 49.4 Å². The number of aromatic nitrogens is 3. The zero-order chi connectivity index (χ0) is 22.3. The largest absolute Gasteiger partial charge is 0.462 e. The summed E-state index contributed by atoms with van der Waals surface area (Å²) in [4.78, 5) is 32.8. The first-order valence-electron chi connectivity index (χ1n) is 10.3. The number of furan rings is 1. The molecule has 32 heavy (non-hydrogen) atoms. The van der Waals surface area contributed by atoms with Crippen molar-refractivity contribution in [3.8, 4) is 0 Å². The second-order valence-electron chi connectivity index (χ2n) is 7.24. The van der Waals surface area contributed by atoms with Crippen molar-refractivity contribution < 1.29 is 14.0 Å². The fourth-order valence-corrected chi connectivity index (χ4v) is 3.91. The maximum Gasteiger partial charge on any atom is 0.321 e. The Morgan fingerprint density at radius 3 is 2.56 bits per heavy atom. The van der Waals surface area contributed by atoms with Crippen LogP contribution < -0.4 is 5.32 Å². The number of aromatic amines is 1. The Morgan fingerprint density at radius 2 is 1.84 bits per heavy atom. The van der Waals surface area contributed by atoms with Gasteiger partial charge in [-0.15, -0.1) is 5.10 Å². The van der Waals surface area contributed by atoms with Crippen molar-refractivity contribution in [1.29, 1.82) is 0 Å². The monoisotopic (exact) mass is 452 g/mol. The predicted octanol–water partition coefficient (Wildman–Crippen LogP) is 3.34. The molecule has 0 bridgehead atoms. The first kappa shape index (κ1) is 21.7. The molecule has 2 aromatic heterocycles. The van der Waals surface area contributed by atoms with Gasteiger partial charge in [0, 0.05) is 31.9 Å². The number of thioether (sulfide) groups is 1. The third kappa shape index (κ3) is 5.79. The quantitative estimate of drug-likeness (QED) is 0.556. The molecule has 1 aliphatic heterocycles. The van der Waals surface area contributed by atoms with Crippen LogP contribution in [-0.2, 0) is 4.79 Å². The lowest BCUT2D eigenvalue weighted by atomic mass is 10.3. The van der Waals surface area contributed by atoms with E-state index < -0.39 is 0 Å². The number of carbonyl (C=O) groups is 2. The molecule has 1 aromatic carbocycles. The number of carbonyl (C=O) groups excluding carboxylic acids is 2. The van der Waals surface area contributed by atoms with Gasteiger partial charge in [-0.25, -0.2) is 9.78 Å². The Hall–Kier alpha value is -3.53. The molecule has 3 amide bonds. The van der Waals surface area contributed by atoms with Crippen LogP contribution in [0.4, 0.5) is 10.5 Å². The maximum atomic E-state index is 12.6. The molecular weight excluding hydrogens is 428 g/mol. The van der Waals surface area contributed by atoms with E-state index in [2.05, 4.69) is 20.5 Å². The third-order valence-electron chi connectivity index (χ3n) is 4.92. The smallest absolute Gasteiger partial charge is 0.321 e. The van der Waals surface area contributed by atoms with Gasteiger partial charge in [-0.2, -0.15) is 0 Å². The van der Waals surface area contributed by atoms with Crippen molar-refractivity contribution in [2.24, 2.45) is 0 Å². The number of benzene rings is 1. The fraction of sp³-hybridized carbons (Fsp3) is 0.273. The van der Waals surface area contributed by atoms with Crippen LogP contribution in [0.1, 0.15) is 17.3 Å². The summed E-state index contributed by atoms with van der Waals surface area (Å²) in [5, 5.41) is 10.4. The number of piperazine rings is 1. The molecule has 0 spiro atoms. The Labute approximate surface area is 189 Å². The minimum absolute atomic E-state index is 0.00562. The summed E-state index contributed by atoms with van der Waals surface area (Å²) in [5.74, 6) is 2.42. The molecule has 0 unspecified atom stereocenters. The van der Waals surface area contributed by atoms with E-state index in [4.69, 9.17) is 4.42 Å². The molecule has 1 saturated heterocycles. The van der Waals surface area contributed by atoms with Crippen molar-refractivity contribution in [3.05, 3.63) is 59.8 Å². The van der Waals surface area contributed by atoms with Gasteiger partial charge in [-0.3, -0.25) is 9.89 Å². The molecular formula is C22H24N6O3S. The van der Waals surface area contributed by atoms with Crippen LogP contribution in [0.2, 0.25) is 0 Å². The van der Waals surface area contributed by atoms with E-state index >= 15 is 0 Å². The van der Waals surface area contributed by atoms with Crippen LogP contribution in [-0.4, -0.2) is 68.9 Å². The van der Waals surface area contributed by atoms with Gasteiger partial charge in [-0.05, 0) is 43.3 Å². The van der Waals surface area contributed by atoms with Gasteiger partial charge in [0.25, 0.3) is 0 Å². The standard InChI is InChI=1S/C22H24N6O3S/c1-16-7-8-18(31-16)9-10-19-24-21(26-25-19)32-15-20(29)27-11-13-28(14-12-27)22(30)23-17-5-3-2-4-6-17/h2-10H,11-15H2,1H3,(H,23,30)(H,24,25,26)/b10-9+. The van der Waals surface area contributed by atoms with Crippen molar-refractivity contribution in [3.63, 3.8) is 0 Å². The molecule has 1 aliphatic rings. The van der Waals surface area contributed by atoms with E-state index in [-0.39, 0.29) is 17.7 Å². The predicted molar refractivity (Wildman–Crippen MR) is 123 cm³/mol. The van der Waals surface area contributed by atoms with Crippen LogP contribution in [0.3, 0.4) is 0 Å². The zero-order valence-corrected chi connectivity index (χ0v) is 18.5. The molecule has 9 nitrogen and oxygen atoms in total. The molecule has 166 valence electrons. The Balaban J connectivity index is 1.20. The summed E-state index contributed by atoms with van der Waals surface area (Å²) < 4.78 is 5.48. The summed E-state index contributed by atoms with van der Waals surface area (Å²) in [5.41, 5.74) is 0.757. The second kappa shape index (κ2) is 10.2. The van der Waals surface area contributed by atoms with Gasteiger partial charge in [0.1, 0.15) is 17.3 Å². The fourth-order valence-electron chi connectivity index (χ4n) is 3.20. The number of anilines is 1. The van der Waals surface area contributed by atoms with Gasteiger partial charge < -0.3 is 19.5 Å². The summed E-state index contributed by atoms with van der Waals surface area (Å²) in [6, 6.07) is 13.0. The number of hydrogen-bond acceptors (Lipinski definition) is 6. The normalized spacial score (nSPS) is 14.2. The summed E-state index contributed by atoms with van der Waals surface area (Å²) in [6.07, 6.45) is 3.58. The minimum Gasteiger partial charge on any atom is -0.462 e. The molecule has 0 saturated carbocycles. The average Bonchev–Trinajstić information content (AvgIpc) is 3.45. The van der Waals surface area contributed by atoms with Crippen molar-refractivity contribution in [1.82, 2.24) is 25.0 Å². The number of nitrogens with zero attached hydrogens (tertiary/aromatic N) is 4. The highest BCUT2D eigenvalue weighted by atomic mass is 32.2. The van der Waals surface area contributed by atoms with Crippen LogP contribution >= 0.6 is 11.8 Å². The Kier molecular flexibility index (Phi) is 6.90. The zero-order valence-electron chi connectivity index (χ0n) is 17.7. The average molecular weight is 453 g/mol. The van der Waals surface area contributed by atoms with E-state index in [1.54, 1.807) is 22.0 Å². The van der Waals surface area contributed by atoms with Gasteiger partial charge in [0.2, 0.25) is 11.1 Å². The number of rotatable bonds is 6. The molecule has 4 rings (SSSR count). The Bertz CT molecular complexity index is 1090. The van der Waals surface area contributed by atoms with Crippen LogP contribution in [0, 0.1) is 6.92 Å². The van der Waals surface area contributed by atoms with E-state index in [0.717, 1.165) is 17.2 Å². The molecule has 1 fully saturated rings. The number of hydrogen-bond donors (Lipinski definition) is 2. The number of nitrogens with one attached hydrogen (secondary N) is 2. The number of H-pyrrole nitrogens is 1. The lowest BCUT2D eigenvalue weighted by Gasteiger charge is -2.34. The van der Waals surface area contributed by atoms with E-state index in [9.17, 15) is 9.59 Å². The van der Waals surface area contributed by atoms with E-state index in [0.29, 0.717) is 37.2 Å². The summed E-state index contributed by atoms with van der Waals surface area (Å²) in [7, 11) is 0. The van der Waals surface area contributed by atoms with Crippen molar-refractivity contribution in [2.75, 3.05) is 37.2 Å². The first-order chi connectivity index (χ1) is 15.6. The lowest BCUT2D eigenvalue weighted by molar-refractivity contribution is -0.129. The van der Waals surface area contributed by atoms with Crippen molar-refractivity contribution in [2.45, 2.75) is 12.1 Å². The molecule has 3 heterocycles. The van der Waals surface area contributed by atoms with Crippen LogP contribution in [0.15, 0.2) is 52.0 Å². The molecule has 10 heteroatoms. The van der Waals surface area contributed by atoms with Gasteiger partial charge >= 0.3 is 6.03 Å². The van der Waals surface area contributed by atoms with Gasteiger partial charge in [-0.1, -0.05) is 30.0 Å². The summed E-state index contributed by atoms with van der Waals surface area (Å²) >= 11 is 1.28. The third-order valence-corrected chi connectivity index (χ3v) is 5.75. The van der Waals surface area contributed by atoms with Gasteiger partial charge in [0.15, 0.2) is 0 Å². The Morgan fingerprint density at radius 1 is 1.09 bits per heavy atom. The molecule has 3 aromatic rings. The topological polar surface area (TPSA) is 107 Å².